The smallest absolute Gasteiger partial charge is 0.252 e. The molecule has 6 nitrogen and oxygen atoms in total. The number of nitrogens with zero attached hydrogens (tertiary/aromatic N) is 2. The second-order valence-electron chi connectivity index (χ2n) is 7.82. The van der Waals surface area contributed by atoms with Gasteiger partial charge in [-0.1, -0.05) is 66.2 Å². The number of halogens is 1. The first-order chi connectivity index (χ1) is 15.5. The van der Waals surface area contributed by atoms with E-state index in [2.05, 4.69) is 42.2 Å². The predicted molar refractivity (Wildman–Crippen MR) is 122 cm³/mol. The maximum absolute atomic E-state index is 11.0. The van der Waals surface area contributed by atoms with Crippen LogP contribution in [0.4, 0.5) is 0 Å². The monoisotopic (exact) mass is 450 g/mol. The van der Waals surface area contributed by atoms with Crippen LogP contribution in [0.5, 0.6) is 5.75 Å². The van der Waals surface area contributed by atoms with Gasteiger partial charge in [0.1, 0.15) is 25.2 Å². The molecule has 164 valence electrons. The molecule has 1 aliphatic carbocycles. The van der Waals surface area contributed by atoms with Gasteiger partial charge in [0.05, 0.1) is 10.4 Å². The SMILES string of the molecule is Cc1ccccc1C1=CC=CC(COc2ccc(C=O)cc2Cl)(c2noc(CO)n2)C1C. The fraction of sp³-hybridized carbons (Fsp3) is 0.240. The van der Waals surface area contributed by atoms with Crippen molar-refractivity contribution in [1.29, 1.82) is 0 Å². The Bertz CT molecular complexity index is 1200. The summed E-state index contributed by atoms with van der Waals surface area (Å²) in [5, 5.41) is 14.0. The van der Waals surface area contributed by atoms with Crippen molar-refractivity contribution in [3.63, 3.8) is 0 Å². The Morgan fingerprint density at radius 1 is 1.28 bits per heavy atom. The van der Waals surface area contributed by atoms with E-state index < -0.39 is 5.41 Å². The Morgan fingerprint density at radius 2 is 2.09 bits per heavy atom. The summed E-state index contributed by atoms with van der Waals surface area (Å²) in [4.78, 5) is 15.4. The van der Waals surface area contributed by atoms with Gasteiger partial charge in [-0.25, -0.2) is 0 Å². The molecule has 2 aromatic carbocycles. The molecular formula is C25H23ClN2O4. The molecule has 1 heterocycles. The number of ether oxygens (including phenoxy) is 1. The topological polar surface area (TPSA) is 85.5 Å². The third-order valence-corrected chi connectivity index (χ3v) is 6.24. The Balaban J connectivity index is 1.74. The minimum absolute atomic E-state index is 0.0780. The van der Waals surface area contributed by atoms with E-state index in [1.807, 2.05) is 24.3 Å². The highest BCUT2D eigenvalue weighted by molar-refractivity contribution is 6.32. The van der Waals surface area contributed by atoms with Crippen molar-refractivity contribution in [2.45, 2.75) is 25.9 Å². The Morgan fingerprint density at radius 3 is 2.78 bits per heavy atom. The molecule has 1 aromatic heterocycles. The van der Waals surface area contributed by atoms with E-state index in [1.165, 1.54) is 0 Å². The summed E-state index contributed by atoms with van der Waals surface area (Å²) in [5.41, 5.74) is 3.11. The molecule has 0 fully saturated rings. The van der Waals surface area contributed by atoms with Crippen LogP contribution in [0.25, 0.3) is 5.57 Å². The average molecular weight is 451 g/mol. The molecule has 0 saturated carbocycles. The zero-order valence-corrected chi connectivity index (χ0v) is 18.5. The summed E-state index contributed by atoms with van der Waals surface area (Å²) in [5.74, 6) is 0.936. The first-order valence-corrected chi connectivity index (χ1v) is 10.6. The number of hydrogen-bond acceptors (Lipinski definition) is 6. The van der Waals surface area contributed by atoms with Crippen molar-refractivity contribution in [3.8, 4) is 5.75 Å². The van der Waals surface area contributed by atoms with Gasteiger partial charge in [0.2, 0.25) is 0 Å². The highest BCUT2D eigenvalue weighted by Gasteiger charge is 2.44. The lowest BCUT2D eigenvalue weighted by atomic mass is 9.68. The number of aldehydes is 1. The largest absolute Gasteiger partial charge is 0.491 e. The van der Waals surface area contributed by atoms with Crippen molar-refractivity contribution in [1.82, 2.24) is 10.1 Å². The van der Waals surface area contributed by atoms with Crippen LogP contribution >= 0.6 is 11.6 Å². The van der Waals surface area contributed by atoms with Gasteiger partial charge in [-0.2, -0.15) is 4.98 Å². The van der Waals surface area contributed by atoms with Gasteiger partial charge >= 0.3 is 0 Å². The Hall–Kier alpha value is -3.22. The molecule has 2 atom stereocenters. The number of allylic oxidation sites excluding steroid dienone is 3. The summed E-state index contributed by atoms with van der Waals surface area (Å²) < 4.78 is 11.4. The molecule has 0 aliphatic heterocycles. The number of hydrogen-bond donors (Lipinski definition) is 1. The summed E-state index contributed by atoms with van der Waals surface area (Å²) in [6.07, 6.45) is 6.79. The maximum atomic E-state index is 11.0. The number of rotatable bonds is 7. The van der Waals surface area contributed by atoms with Gasteiger partial charge in [-0.15, -0.1) is 0 Å². The van der Waals surface area contributed by atoms with Crippen LogP contribution < -0.4 is 4.74 Å². The summed E-state index contributed by atoms with van der Waals surface area (Å²) in [6, 6.07) is 13.1. The fourth-order valence-electron chi connectivity index (χ4n) is 4.03. The number of aromatic nitrogens is 2. The zero-order chi connectivity index (χ0) is 22.7. The number of aliphatic hydroxyl groups is 1. The Labute approximate surface area is 191 Å². The molecule has 7 heteroatoms. The van der Waals surface area contributed by atoms with Gasteiger partial charge in [-0.05, 0) is 41.8 Å². The van der Waals surface area contributed by atoms with E-state index in [0.29, 0.717) is 22.2 Å². The number of aryl methyl sites for hydroxylation is 1. The molecule has 0 radical (unpaired) electrons. The first kappa shape index (κ1) is 22.0. The van der Waals surface area contributed by atoms with Crippen LogP contribution in [-0.2, 0) is 12.0 Å². The lowest BCUT2D eigenvalue weighted by molar-refractivity contribution is 0.112. The molecule has 1 aliphatic rings. The highest BCUT2D eigenvalue weighted by Crippen LogP contribution is 2.44. The molecule has 0 spiro atoms. The minimum atomic E-state index is -0.768. The Kier molecular flexibility index (Phi) is 6.26. The van der Waals surface area contributed by atoms with Crippen LogP contribution in [0.15, 0.2) is 65.2 Å². The predicted octanol–water partition coefficient (Wildman–Crippen LogP) is 4.94. The van der Waals surface area contributed by atoms with E-state index in [4.69, 9.17) is 20.9 Å². The molecule has 2 unspecified atom stereocenters. The fourth-order valence-corrected chi connectivity index (χ4v) is 4.27. The van der Waals surface area contributed by atoms with Gasteiger partial charge in [0, 0.05) is 11.5 Å². The molecular weight excluding hydrogens is 428 g/mol. The second kappa shape index (κ2) is 9.10. The normalized spacial score (nSPS) is 20.1. The standard InChI is InChI=1S/C25H23ClN2O4/c1-16-6-3-4-7-19(16)20-8-5-11-25(17(20)2,24-27-23(14-30)32-28-24)15-31-22-10-9-18(13-29)12-21(22)26/h3-13,17,30H,14-15H2,1-2H3. The van der Waals surface area contributed by atoms with Crippen molar-refractivity contribution >= 4 is 23.5 Å². The second-order valence-corrected chi connectivity index (χ2v) is 8.23. The average Bonchev–Trinajstić information content (AvgIpc) is 3.30. The molecule has 32 heavy (non-hydrogen) atoms. The van der Waals surface area contributed by atoms with E-state index in [0.717, 1.165) is 23.0 Å². The van der Waals surface area contributed by atoms with E-state index in [-0.39, 0.29) is 25.0 Å². The first-order valence-electron chi connectivity index (χ1n) is 10.3. The van der Waals surface area contributed by atoms with Crippen molar-refractivity contribution in [3.05, 3.63) is 94.1 Å². The molecule has 0 bridgehead atoms. The van der Waals surface area contributed by atoms with E-state index in [1.54, 1.807) is 18.2 Å². The number of benzene rings is 2. The lowest BCUT2D eigenvalue weighted by Gasteiger charge is -2.37. The van der Waals surface area contributed by atoms with Crippen molar-refractivity contribution in [2.75, 3.05) is 6.61 Å². The van der Waals surface area contributed by atoms with Crippen LogP contribution in [0, 0.1) is 12.8 Å². The summed E-state index contributed by atoms with van der Waals surface area (Å²) in [6.45, 7) is 4.00. The van der Waals surface area contributed by atoms with Crippen molar-refractivity contribution < 1.29 is 19.2 Å². The molecule has 0 saturated heterocycles. The number of carbonyl (C=O) groups is 1. The van der Waals surface area contributed by atoms with E-state index in [9.17, 15) is 9.90 Å². The highest BCUT2D eigenvalue weighted by atomic mass is 35.5. The molecule has 1 N–H and O–H groups in total. The van der Waals surface area contributed by atoms with Crippen LogP contribution in [0.1, 0.15) is 40.1 Å². The van der Waals surface area contributed by atoms with Gasteiger partial charge in [0.15, 0.2) is 5.82 Å². The maximum Gasteiger partial charge on any atom is 0.252 e. The third-order valence-electron chi connectivity index (χ3n) is 5.94. The van der Waals surface area contributed by atoms with Gasteiger partial charge in [-0.3, -0.25) is 4.79 Å². The van der Waals surface area contributed by atoms with Gasteiger partial charge < -0.3 is 14.4 Å². The lowest BCUT2D eigenvalue weighted by Crippen LogP contribution is -2.41. The number of carbonyl (C=O) groups excluding carboxylic acids is 1. The minimum Gasteiger partial charge on any atom is -0.491 e. The van der Waals surface area contributed by atoms with Crippen LogP contribution in [0.3, 0.4) is 0 Å². The molecule has 4 rings (SSSR count). The van der Waals surface area contributed by atoms with E-state index >= 15 is 0 Å². The van der Waals surface area contributed by atoms with Gasteiger partial charge in [0.25, 0.3) is 5.89 Å². The van der Waals surface area contributed by atoms with Crippen LogP contribution in [0.2, 0.25) is 5.02 Å². The molecule has 3 aromatic rings. The summed E-state index contributed by atoms with van der Waals surface area (Å²) >= 11 is 6.33. The summed E-state index contributed by atoms with van der Waals surface area (Å²) in [7, 11) is 0. The third kappa shape index (κ3) is 3.99. The molecule has 0 amide bonds. The quantitative estimate of drug-likeness (QED) is 0.513. The van der Waals surface area contributed by atoms with Crippen molar-refractivity contribution in [2.24, 2.45) is 5.92 Å². The van der Waals surface area contributed by atoms with Crippen LogP contribution in [-0.4, -0.2) is 28.1 Å². The number of aliphatic hydroxyl groups excluding tert-OH is 1. The zero-order valence-electron chi connectivity index (χ0n) is 17.8.